The van der Waals surface area contributed by atoms with Gasteiger partial charge in [-0.25, -0.2) is 4.98 Å². The average molecular weight is 275 g/mol. The van der Waals surface area contributed by atoms with Crippen molar-refractivity contribution in [3.63, 3.8) is 0 Å². The third-order valence-electron chi connectivity index (χ3n) is 3.38. The Hall–Kier alpha value is -1.23. The lowest BCUT2D eigenvalue weighted by atomic mass is 9.99. The summed E-state index contributed by atoms with van der Waals surface area (Å²) in [6.07, 6.45) is 2.97. The number of hydrogen-bond donors (Lipinski definition) is 2. The molecule has 102 valence electrons. The second-order valence-electron chi connectivity index (χ2n) is 4.89. The Balaban J connectivity index is 1.91. The first kappa shape index (κ1) is 14.2. The Morgan fingerprint density at radius 2 is 2.11 bits per heavy atom. The molecule has 3 nitrogen and oxygen atoms in total. The highest BCUT2D eigenvalue weighted by molar-refractivity contribution is 7.09. The molecule has 0 aliphatic carbocycles. The normalized spacial score (nSPS) is 12.6. The number of aryl methyl sites for hydroxylation is 3. The van der Waals surface area contributed by atoms with Crippen LogP contribution in [0, 0.1) is 13.8 Å². The molecule has 0 bridgehead atoms. The molecular formula is C15H21N3S. The monoisotopic (exact) mass is 275 g/mol. The van der Waals surface area contributed by atoms with Gasteiger partial charge in [0, 0.05) is 17.8 Å². The van der Waals surface area contributed by atoms with E-state index < -0.39 is 0 Å². The summed E-state index contributed by atoms with van der Waals surface area (Å²) in [4.78, 5) is 4.49. The lowest BCUT2D eigenvalue weighted by Crippen LogP contribution is -2.37. The lowest BCUT2D eigenvalue weighted by Gasteiger charge is -2.15. The van der Waals surface area contributed by atoms with Gasteiger partial charge in [-0.2, -0.15) is 0 Å². The van der Waals surface area contributed by atoms with Gasteiger partial charge in [0.15, 0.2) is 0 Å². The molecule has 0 saturated heterocycles. The fourth-order valence-electron chi connectivity index (χ4n) is 2.22. The average Bonchev–Trinajstić information content (AvgIpc) is 2.81. The van der Waals surface area contributed by atoms with Crippen molar-refractivity contribution in [2.24, 2.45) is 5.84 Å². The predicted octanol–water partition coefficient (Wildman–Crippen LogP) is 2.77. The third kappa shape index (κ3) is 4.13. The predicted molar refractivity (Wildman–Crippen MR) is 81.2 cm³/mol. The zero-order chi connectivity index (χ0) is 13.7. The van der Waals surface area contributed by atoms with Crippen molar-refractivity contribution >= 4 is 11.3 Å². The SMILES string of the molecule is Cc1nc(CC(CCc2ccccc2C)NN)cs1. The summed E-state index contributed by atoms with van der Waals surface area (Å²) in [6.45, 7) is 4.19. The minimum absolute atomic E-state index is 0.279. The highest BCUT2D eigenvalue weighted by Gasteiger charge is 2.10. The molecule has 1 unspecified atom stereocenters. The standard InChI is InChI=1S/C15H21N3S/c1-11-5-3-4-6-13(11)7-8-14(18-16)9-15-10-19-12(2)17-15/h3-6,10,14,18H,7-9,16H2,1-2H3. The third-order valence-corrected chi connectivity index (χ3v) is 4.20. The number of nitrogens with zero attached hydrogens (tertiary/aromatic N) is 1. The van der Waals surface area contributed by atoms with Crippen LogP contribution in [0.2, 0.25) is 0 Å². The van der Waals surface area contributed by atoms with E-state index in [2.05, 4.69) is 47.0 Å². The van der Waals surface area contributed by atoms with Gasteiger partial charge in [0.1, 0.15) is 0 Å². The minimum atomic E-state index is 0.279. The Kier molecular flexibility index (Phi) is 5.07. The first-order valence-corrected chi connectivity index (χ1v) is 7.48. The molecule has 4 heteroatoms. The summed E-state index contributed by atoms with van der Waals surface area (Å²) in [5, 5.41) is 3.23. The van der Waals surface area contributed by atoms with Gasteiger partial charge in [0.2, 0.25) is 0 Å². The summed E-state index contributed by atoms with van der Waals surface area (Å²) >= 11 is 1.69. The molecule has 2 rings (SSSR count). The first-order chi connectivity index (χ1) is 9.19. The van der Waals surface area contributed by atoms with Gasteiger partial charge in [-0.15, -0.1) is 11.3 Å². The first-order valence-electron chi connectivity index (χ1n) is 6.60. The smallest absolute Gasteiger partial charge is 0.0897 e. The van der Waals surface area contributed by atoms with Crippen molar-refractivity contribution in [3.8, 4) is 0 Å². The lowest BCUT2D eigenvalue weighted by molar-refractivity contribution is 0.487. The number of benzene rings is 1. The van der Waals surface area contributed by atoms with Crippen LogP contribution in [0.3, 0.4) is 0 Å². The van der Waals surface area contributed by atoms with Gasteiger partial charge in [-0.1, -0.05) is 24.3 Å². The number of nitrogens with one attached hydrogen (secondary N) is 1. The molecule has 0 aliphatic rings. The summed E-state index contributed by atoms with van der Waals surface area (Å²) < 4.78 is 0. The van der Waals surface area contributed by atoms with E-state index in [0.29, 0.717) is 0 Å². The van der Waals surface area contributed by atoms with Crippen molar-refractivity contribution in [2.45, 2.75) is 39.2 Å². The maximum atomic E-state index is 5.66. The molecule has 2 aromatic rings. The Morgan fingerprint density at radius 1 is 1.32 bits per heavy atom. The van der Waals surface area contributed by atoms with Crippen molar-refractivity contribution in [3.05, 3.63) is 51.5 Å². The molecular weight excluding hydrogens is 254 g/mol. The number of thiazole rings is 1. The molecule has 0 spiro atoms. The molecule has 0 amide bonds. The summed E-state index contributed by atoms with van der Waals surface area (Å²) in [6, 6.07) is 8.80. The van der Waals surface area contributed by atoms with Crippen LogP contribution < -0.4 is 11.3 Å². The van der Waals surface area contributed by atoms with Gasteiger partial charge in [-0.05, 0) is 37.8 Å². The van der Waals surface area contributed by atoms with Gasteiger partial charge < -0.3 is 0 Å². The number of hydrazine groups is 1. The van der Waals surface area contributed by atoms with E-state index >= 15 is 0 Å². The zero-order valence-corrected chi connectivity index (χ0v) is 12.3. The van der Waals surface area contributed by atoms with E-state index in [9.17, 15) is 0 Å². The van der Waals surface area contributed by atoms with E-state index in [1.807, 2.05) is 6.92 Å². The molecule has 0 radical (unpaired) electrons. The van der Waals surface area contributed by atoms with Crippen LogP contribution >= 0.6 is 11.3 Å². The van der Waals surface area contributed by atoms with Gasteiger partial charge in [0.05, 0.1) is 10.7 Å². The molecule has 0 aliphatic heterocycles. The molecule has 1 heterocycles. The summed E-state index contributed by atoms with van der Waals surface area (Å²) in [5.41, 5.74) is 6.80. The van der Waals surface area contributed by atoms with Crippen LogP contribution in [0.5, 0.6) is 0 Å². The van der Waals surface area contributed by atoms with Crippen LogP contribution in [-0.4, -0.2) is 11.0 Å². The molecule has 0 fully saturated rings. The summed E-state index contributed by atoms with van der Waals surface area (Å²) in [7, 11) is 0. The van der Waals surface area contributed by atoms with E-state index in [0.717, 1.165) is 30.0 Å². The second-order valence-corrected chi connectivity index (χ2v) is 5.95. The van der Waals surface area contributed by atoms with E-state index in [-0.39, 0.29) is 6.04 Å². The van der Waals surface area contributed by atoms with Gasteiger partial charge in [-0.3, -0.25) is 11.3 Å². The molecule has 3 N–H and O–H groups in total. The van der Waals surface area contributed by atoms with E-state index in [4.69, 9.17) is 5.84 Å². The number of hydrogen-bond acceptors (Lipinski definition) is 4. The Labute approximate surface area is 118 Å². The molecule has 1 aromatic heterocycles. The molecule has 19 heavy (non-hydrogen) atoms. The quantitative estimate of drug-likeness (QED) is 0.629. The van der Waals surface area contributed by atoms with Crippen LogP contribution in [0.1, 0.15) is 28.2 Å². The second kappa shape index (κ2) is 6.80. The Morgan fingerprint density at radius 3 is 2.74 bits per heavy atom. The van der Waals surface area contributed by atoms with Gasteiger partial charge >= 0.3 is 0 Å². The maximum absolute atomic E-state index is 5.66. The van der Waals surface area contributed by atoms with Gasteiger partial charge in [0.25, 0.3) is 0 Å². The molecule has 1 atom stereocenters. The minimum Gasteiger partial charge on any atom is -0.271 e. The number of aromatic nitrogens is 1. The zero-order valence-electron chi connectivity index (χ0n) is 11.5. The van der Waals surface area contributed by atoms with Crippen molar-refractivity contribution in [1.82, 2.24) is 10.4 Å². The van der Waals surface area contributed by atoms with Crippen LogP contribution in [0.4, 0.5) is 0 Å². The van der Waals surface area contributed by atoms with E-state index in [1.165, 1.54) is 11.1 Å². The van der Waals surface area contributed by atoms with Crippen LogP contribution in [0.25, 0.3) is 0 Å². The molecule has 0 saturated carbocycles. The largest absolute Gasteiger partial charge is 0.271 e. The van der Waals surface area contributed by atoms with Crippen molar-refractivity contribution < 1.29 is 0 Å². The Bertz CT molecular complexity index is 522. The van der Waals surface area contributed by atoms with E-state index in [1.54, 1.807) is 11.3 Å². The van der Waals surface area contributed by atoms with Crippen LogP contribution in [0.15, 0.2) is 29.6 Å². The fraction of sp³-hybridized carbons (Fsp3) is 0.400. The van der Waals surface area contributed by atoms with Crippen LogP contribution in [-0.2, 0) is 12.8 Å². The fourth-order valence-corrected chi connectivity index (χ4v) is 2.84. The highest BCUT2D eigenvalue weighted by Crippen LogP contribution is 2.14. The van der Waals surface area contributed by atoms with Crippen molar-refractivity contribution in [1.29, 1.82) is 0 Å². The van der Waals surface area contributed by atoms with Crippen molar-refractivity contribution in [2.75, 3.05) is 0 Å². The number of nitrogens with two attached hydrogens (primary N) is 1. The summed E-state index contributed by atoms with van der Waals surface area (Å²) in [5.74, 6) is 5.66. The topological polar surface area (TPSA) is 50.9 Å². The maximum Gasteiger partial charge on any atom is 0.0897 e. The molecule has 1 aromatic carbocycles. The number of rotatable bonds is 6. The highest BCUT2D eigenvalue weighted by atomic mass is 32.1.